The SMILES string of the molecule is COc1c(CN2O[C@@H](CO)[C@@H]([C@H](C)O)[C@H]2C(=O)N[C@H]2CC3CC([C@@H]2C)C3(C)C)cccc1-c1cc(C(=O)N[C@@H](Cc2cccs2)CN(C)C)cc(N(C)C)c1. The molecule has 2 bridgehead atoms. The summed E-state index contributed by atoms with van der Waals surface area (Å²) in [5.41, 5.74) is 4.02. The first-order chi connectivity index (χ1) is 26.1. The van der Waals surface area contributed by atoms with Gasteiger partial charge in [0.15, 0.2) is 0 Å². The first kappa shape index (κ1) is 41.1. The molecule has 2 unspecified atom stereocenters. The zero-order chi connectivity index (χ0) is 39.8. The summed E-state index contributed by atoms with van der Waals surface area (Å²) in [6, 6.07) is 14.9. The number of carbonyl (C=O) groups is 2. The number of methoxy groups -OCH3 is 1. The zero-order valence-electron chi connectivity index (χ0n) is 33.9. The Morgan fingerprint density at radius 1 is 1.11 bits per heavy atom. The van der Waals surface area contributed by atoms with Crippen molar-refractivity contribution in [2.45, 2.75) is 83.8 Å². The summed E-state index contributed by atoms with van der Waals surface area (Å²) in [5.74, 6) is 1.05. The summed E-state index contributed by atoms with van der Waals surface area (Å²) in [6.07, 6.45) is 1.22. The number of nitrogens with one attached hydrogen (secondary N) is 2. The van der Waals surface area contributed by atoms with E-state index < -0.39 is 24.2 Å². The molecule has 2 amide bonds. The Balaban J connectivity index is 1.28. The van der Waals surface area contributed by atoms with E-state index in [0.717, 1.165) is 35.2 Å². The molecule has 3 aromatic rings. The lowest BCUT2D eigenvalue weighted by Crippen LogP contribution is -2.62. The summed E-state index contributed by atoms with van der Waals surface area (Å²) in [4.78, 5) is 39.8. The molecule has 3 saturated carbocycles. The number of thiophene rings is 1. The Kier molecular flexibility index (Phi) is 12.6. The summed E-state index contributed by atoms with van der Waals surface area (Å²) in [5, 5.41) is 31.7. The highest BCUT2D eigenvalue weighted by Gasteiger charge is 2.57. The Hall–Kier alpha value is -3.52. The van der Waals surface area contributed by atoms with Crippen molar-refractivity contribution in [2.24, 2.45) is 29.1 Å². The Morgan fingerprint density at radius 3 is 2.47 bits per heavy atom. The third-order valence-electron chi connectivity index (χ3n) is 12.6. The van der Waals surface area contributed by atoms with Crippen LogP contribution in [0.2, 0.25) is 0 Å². The van der Waals surface area contributed by atoms with Crippen molar-refractivity contribution < 1.29 is 29.4 Å². The van der Waals surface area contributed by atoms with Gasteiger partial charge in [-0.1, -0.05) is 45.0 Å². The van der Waals surface area contributed by atoms with Crippen LogP contribution in [0.5, 0.6) is 5.75 Å². The van der Waals surface area contributed by atoms with Gasteiger partial charge in [0.1, 0.15) is 17.9 Å². The van der Waals surface area contributed by atoms with Gasteiger partial charge in [-0.2, -0.15) is 5.06 Å². The van der Waals surface area contributed by atoms with Crippen molar-refractivity contribution in [2.75, 3.05) is 53.4 Å². The summed E-state index contributed by atoms with van der Waals surface area (Å²) in [7, 11) is 9.53. The van der Waals surface area contributed by atoms with Crippen LogP contribution in [0.3, 0.4) is 0 Å². The first-order valence-corrected chi connectivity index (χ1v) is 20.5. The number of nitrogens with zero attached hydrogens (tertiary/aromatic N) is 3. The fraction of sp³-hybridized carbons (Fsp3) is 0.581. The number of aliphatic hydroxyl groups is 2. The highest BCUT2D eigenvalue weighted by molar-refractivity contribution is 7.09. The molecule has 55 heavy (non-hydrogen) atoms. The maximum Gasteiger partial charge on any atom is 0.251 e. The molecule has 2 heterocycles. The summed E-state index contributed by atoms with van der Waals surface area (Å²) >= 11 is 1.69. The van der Waals surface area contributed by atoms with Crippen LogP contribution in [-0.4, -0.2) is 111 Å². The Bertz CT molecular complexity index is 1800. The summed E-state index contributed by atoms with van der Waals surface area (Å²) < 4.78 is 6.10. The van der Waals surface area contributed by atoms with E-state index in [1.54, 1.807) is 30.4 Å². The lowest BCUT2D eigenvalue weighted by molar-refractivity contribution is -0.183. The van der Waals surface area contributed by atoms with Crippen LogP contribution in [0.1, 0.15) is 61.3 Å². The maximum absolute atomic E-state index is 14.3. The van der Waals surface area contributed by atoms with Crippen molar-refractivity contribution in [1.29, 1.82) is 0 Å². The second kappa shape index (κ2) is 16.9. The molecule has 3 aliphatic carbocycles. The van der Waals surface area contributed by atoms with Gasteiger partial charge in [-0.25, -0.2) is 0 Å². The van der Waals surface area contributed by atoms with Crippen LogP contribution >= 0.6 is 11.3 Å². The van der Waals surface area contributed by atoms with Crippen LogP contribution in [0.25, 0.3) is 11.1 Å². The van der Waals surface area contributed by atoms with E-state index in [0.29, 0.717) is 35.6 Å². The molecule has 300 valence electrons. The predicted molar refractivity (Wildman–Crippen MR) is 218 cm³/mol. The number of anilines is 1. The van der Waals surface area contributed by atoms with Gasteiger partial charge in [0, 0.05) is 72.3 Å². The van der Waals surface area contributed by atoms with E-state index in [1.165, 1.54) is 11.3 Å². The van der Waals surface area contributed by atoms with Crippen molar-refractivity contribution in [3.63, 3.8) is 0 Å². The van der Waals surface area contributed by atoms with Gasteiger partial charge in [0.05, 0.1) is 26.4 Å². The van der Waals surface area contributed by atoms with E-state index in [1.807, 2.05) is 75.6 Å². The number of aliphatic hydroxyl groups excluding tert-OH is 2. The maximum atomic E-state index is 14.3. The fourth-order valence-corrected chi connectivity index (χ4v) is 10.3. The van der Waals surface area contributed by atoms with Crippen LogP contribution < -0.4 is 20.3 Å². The Labute approximate surface area is 330 Å². The molecule has 4 aliphatic rings. The Morgan fingerprint density at radius 2 is 1.87 bits per heavy atom. The van der Waals surface area contributed by atoms with Gasteiger partial charge in [-0.05, 0) is 92.2 Å². The molecule has 7 rings (SSSR count). The van der Waals surface area contributed by atoms with Gasteiger partial charge in [-0.15, -0.1) is 11.3 Å². The van der Waals surface area contributed by atoms with E-state index in [2.05, 4.69) is 47.8 Å². The van der Waals surface area contributed by atoms with Gasteiger partial charge in [0.25, 0.3) is 5.91 Å². The lowest BCUT2D eigenvalue weighted by Gasteiger charge is -2.62. The molecule has 2 aromatic carbocycles. The smallest absolute Gasteiger partial charge is 0.251 e. The number of hydroxylamine groups is 2. The standard InChI is InChI=1S/C43H61N5O6S/c1-25-35-19-30(43(35,3)4)20-36(25)45-42(52)39-38(26(2)50)37(24-49)54-48(39)22-27-12-10-14-34(40(27)53-9)28-16-29(18-32(17-28)47(7)8)41(51)44-31(23-46(5)6)21-33-13-11-15-55-33/h10-18,25-26,30-31,35-39,49-50H,19-24H2,1-9H3,(H,44,51)(H,45,52)/t25-,26-,30?,31-,35?,36-,37-,38+,39-/m0/s1. The van der Waals surface area contributed by atoms with Gasteiger partial charge >= 0.3 is 0 Å². The minimum absolute atomic E-state index is 0.0380. The molecule has 11 nitrogen and oxygen atoms in total. The molecule has 4 N–H and O–H groups in total. The number of para-hydroxylation sites is 1. The molecule has 1 aliphatic heterocycles. The third-order valence-corrected chi connectivity index (χ3v) is 13.5. The second-order valence-electron chi connectivity index (χ2n) is 17.1. The van der Waals surface area contributed by atoms with Crippen molar-refractivity contribution in [1.82, 2.24) is 20.6 Å². The highest BCUT2D eigenvalue weighted by Crippen LogP contribution is 2.61. The highest BCUT2D eigenvalue weighted by atomic mass is 32.1. The van der Waals surface area contributed by atoms with Gasteiger partial charge in [0.2, 0.25) is 5.91 Å². The van der Waals surface area contributed by atoms with Crippen LogP contribution in [0.4, 0.5) is 5.69 Å². The number of ether oxygens (including phenoxy) is 1. The molecule has 9 atom stereocenters. The molecular formula is C43H61N5O6S. The lowest BCUT2D eigenvalue weighted by atomic mass is 9.45. The first-order valence-electron chi connectivity index (χ1n) is 19.6. The average Bonchev–Trinajstić information content (AvgIpc) is 3.79. The molecule has 4 fully saturated rings. The molecule has 12 heteroatoms. The quantitative estimate of drug-likeness (QED) is 0.168. The minimum Gasteiger partial charge on any atom is -0.496 e. The van der Waals surface area contributed by atoms with E-state index in [4.69, 9.17) is 9.57 Å². The number of hydrogen-bond acceptors (Lipinski definition) is 10. The van der Waals surface area contributed by atoms with Crippen LogP contribution in [0.15, 0.2) is 53.9 Å². The molecule has 0 radical (unpaired) electrons. The normalized spacial score (nSPS) is 26.9. The van der Waals surface area contributed by atoms with Crippen molar-refractivity contribution in [3.8, 4) is 16.9 Å². The van der Waals surface area contributed by atoms with E-state index in [-0.39, 0.29) is 42.5 Å². The number of rotatable bonds is 15. The fourth-order valence-electron chi connectivity index (χ4n) is 9.53. The number of hydrogen-bond donors (Lipinski definition) is 4. The van der Waals surface area contributed by atoms with Crippen LogP contribution in [0, 0.1) is 29.1 Å². The monoisotopic (exact) mass is 775 g/mol. The van der Waals surface area contributed by atoms with Crippen LogP contribution in [-0.2, 0) is 22.6 Å². The van der Waals surface area contributed by atoms with Gasteiger partial charge in [-0.3, -0.25) is 14.4 Å². The molecule has 1 saturated heterocycles. The predicted octanol–water partition coefficient (Wildman–Crippen LogP) is 5.05. The van der Waals surface area contributed by atoms with Gasteiger partial charge < -0.3 is 35.4 Å². The second-order valence-corrected chi connectivity index (χ2v) is 18.1. The number of likely N-dealkylation sites (N-methyl/N-ethyl adjacent to an activating group) is 1. The largest absolute Gasteiger partial charge is 0.496 e. The van der Waals surface area contributed by atoms with Crippen molar-refractivity contribution in [3.05, 3.63) is 69.9 Å². The minimum atomic E-state index is -0.900. The molecule has 0 spiro atoms. The summed E-state index contributed by atoms with van der Waals surface area (Å²) in [6.45, 7) is 9.10. The number of benzene rings is 2. The number of amides is 2. The van der Waals surface area contributed by atoms with E-state index >= 15 is 0 Å². The molecular weight excluding hydrogens is 715 g/mol. The number of fused-ring (bicyclic) bond motifs is 2. The average molecular weight is 776 g/mol. The zero-order valence-corrected chi connectivity index (χ0v) is 34.7. The molecule has 1 aromatic heterocycles. The van der Waals surface area contributed by atoms with E-state index in [9.17, 15) is 19.8 Å². The third kappa shape index (κ3) is 8.60. The van der Waals surface area contributed by atoms with Crippen molar-refractivity contribution >= 4 is 28.8 Å². The number of carbonyl (C=O) groups excluding carboxylic acids is 2. The topological polar surface area (TPSA) is 127 Å².